The van der Waals surface area contributed by atoms with Gasteiger partial charge in [0.2, 0.25) is 0 Å². The van der Waals surface area contributed by atoms with Crippen molar-refractivity contribution in [3.05, 3.63) is 29.8 Å². The molecule has 0 spiro atoms. The van der Waals surface area contributed by atoms with Gasteiger partial charge < -0.3 is 21.1 Å². The number of rotatable bonds is 3. The van der Waals surface area contributed by atoms with Crippen LogP contribution < -0.4 is 16.0 Å². The number of aromatic carboxylic acids is 1. The van der Waals surface area contributed by atoms with E-state index >= 15 is 0 Å². The molecule has 6 nitrogen and oxygen atoms in total. The predicted molar refractivity (Wildman–Crippen MR) is 71.4 cm³/mol. The fourth-order valence-electron chi connectivity index (χ4n) is 2.01. The average Bonchev–Trinajstić information content (AvgIpc) is 2.40. The summed E-state index contributed by atoms with van der Waals surface area (Å²) in [6, 6.07) is 6.01. The van der Waals surface area contributed by atoms with Crippen molar-refractivity contribution in [2.24, 2.45) is 0 Å². The number of urea groups is 1. The molecule has 0 bridgehead atoms. The molecule has 1 aliphatic heterocycles. The lowest BCUT2D eigenvalue weighted by atomic mass is 10.1. The zero-order chi connectivity index (χ0) is 13.7. The topological polar surface area (TPSA) is 90.5 Å². The largest absolute Gasteiger partial charge is 0.478 e. The predicted octanol–water partition coefficient (Wildman–Crippen LogP) is 1.26. The number of piperidine rings is 1. The second-order valence-corrected chi connectivity index (χ2v) is 4.51. The summed E-state index contributed by atoms with van der Waals surface area (Å²) < 4.78 is 0. The molecule has 2 amide bonds. The summed E-state index contributed by atoms with van der Waals surface area (Å²) in [5, 5.41) is 17.6. The van der Waals surface area contributed by atoms with Crippen LogP contribution in [0.25, 0.3) is 0 Å². The summed E-state index contributed by atoms with van der Waals surface area (Å²) in [5.74, 6) is -0.981. The second-order valence-electron chi connectivity index (χ2n) is 4.51. The third-order valence-corrected chi connectivity index (χ3v) is 3.06. The highest BCUT2D eigenvalue weighted by Gasteiger charge is 2.15. The van der Waals surface area contributed by atoms with Crippen molar-refractivity contribution in [3.8, 4) is 0 Å². The van der Waals surface area contributed by atoms with Gasteiger partial charge >= 0.3 is 12.0 Å². The maximum Gasteiger partial charge on any atom is 0.335 e. The van der Waals surface area contributed by atoms with Crippen molar-refractivity contribution in [1.82, 2.24) is 10.6 Å². The first-order valence-electron chi connectivity index (χ1n) is 6.27. The first-order chi connectivity index (χ1) is 9.15. The molecule has 6 heteroatoms. The summed E-state index contributed by atoms with van der Waals surface area (Å²) in [6.07, 6.45) is 1.84. The third-order valence-electron chi connectivity index (χ3n) is 3.06. The molecular weight excluding hydrogens is 246 g/mol. The van der Waals surface area contributed by atoms with Gasteiger partial charge in [-0.15, -0.1) is 0 Å². The van der Waals surface area contributed by atoms with E-state index in [1.807, 2.05) is 0 Å². The van der Waals surface area contributed by atoms with Crippen LogP contribution in [0.1, 0.15) is 23.2 Å². The molecule has 102 valence electrons. The van der Waals surface area contributed by atoms with Crippen LogP contribution >= 0.6 is 0 Å². The van der Waals surface area contributed by atoms with Crippen LogP contribution in [0.4, 0.5) is 10.5 Å². The first kappa shape index (κ1) is 13.4. The average molecular weight is 263 g/mol. The van der Waals surface area contributed by atoms with Gasteiger partial charge in [0.15, 0.2) is 0 Å². The van der Waals surface area contributed by atoms with Gasteiger partial charge in [0, 0.05) is 11.7 Å². The Morgan fingerprint density at radius 2 is 1.79 bits per heavy atom. The highest BCUT2D eigenvalue weighted by atomic mass is 16.4. The molecule has 19 heavy (non-hydrogen) atoms. The third kappa shape index (κ3) is 3.96. The van der Waals surface area contributed by atoms with Crippen LogP contribution in [0, 0.1) is 0 Å². The molecule has 1 heterocycles. The SMILES string of the molecule is O=C(Nc1ccc(C(=O)O)cc1)NC1CCNCC1. The van der Waals surface area contributed by atoms with Crippen LogP contribution in [-0.2, 0) is 0 Å². The molecule has 1 aromatic rings. The number of hydrogen-bond acceptors (Lipinski definition) is 3. The van der Waals surface area contributed by atoms with Gasteiger partial charge in [-0.05, 0) is 50.2 Å². The Bertz CT molecular complexity index is 453. The Morgan fingerprint density at radius 3 is 2.37 bits per heavy atom. The molecule has 0 atom stereocenters. The van der Waals surface area contributed by atoms with Gasteiger partial charge in [0.05, 0.1) is 5.56 Å². The summed E-state index contributed by atoms with van der Waals surface area (Å²) in [7, 11) is 0. The van der Waals surface area contributed by atoms with Crippen molar-refractivity contribution in [2.75, 3.05) is 18.4 Å². The molecule has 0 radical (unpaired) electrons. The Hall–Kier alpha value is -2.08. The molecule has 1 aliphatic rings. The highest BCUT2D eigenvalue weighted by Crippen LogP contribution is 2.10. The normalized spacial score (nSPS) is 15.8. The molecule has 0 saturated carbocycles. The van der Waals surface area contributed by atoms with Crippen LogP contribution in [0.5, 0.6) is 0 Å². The van der Waals surface area contributed by atoms with Crippen molar-refractivity contribution >= 4 is 17.7 Å². The van der Waals surface area contributed by atoms with Gasteiger partial charge in [0.1, 0.15) is 0 Å². The first-order valence-corrected chi connectivity index (χ1v) is 6.27. The van der Waals surface area contributed by atoms with Crippen molar-refractivity contribution < 1.29 is 14.7 Å². The van der Waals surface area contributed by atoms with E-state index in [9.17, 15) is 9.59 Å². The van der Waals surface area contributed by atoms with E-state index in [0.29, 0.717) is 5.69 Å². The van der Waals surface area contributed by atoms with Crippen molar-refractivity contribution in [3.63, 3.8) is 0 Å². The minimum absolute atomic E-state index is 0.194. The number of carboxylic acids is 1. The molecular formula is C13H17N3O3. The van der Waals surface area contributed by atoms with Gasteiger partial charge in [0.25, 0.3) is 0 Å². The smallest absolute Gasteiger partial charge is 0.335 e. The van der Waals surface area contributed by atoms with E-state index in [1.54, 1.807) is 12.1 Å². The number of amides is 2. The Morgan fingerprint density at radius 1 is 1.16 bits per heavy atom. The molecule has 1 fully saturated rings. The number of benzene rings is 1. The van der Waals surface area contributed by atoms with Gasteiger partial charge in [-0.2, -0.15) is 0 Å². The fraction of sp³-hybridized carbons (Fsp3) is 0.385. The van der Waals surface area contributed by atoms with Gasteiger partial charge in [-0.1, -0.05) is 0 Å². The minimum Gasteiger partial charge on any atom is -0.478 e. The van der Waals surface area contributed by atoms with E-state index in [0.717, 1.165) is 25.9 Å². The van der Waals surface area contributed by atoms with E-state index in [4.69, 9.17) is 5.11 Å². The maximum atomic E-state index is 11.7. The number of nitrogens with one attached hydrogen (secondary N) is 3. The lowest BCUT2D eigenvalue weighted by Crippen LogP contribution is -2.44. The van der Waals surface area contributed by atoms with E-state index < -0.39 is 5.97 Å². The maximum absolute atomic E-state index is 11.7. The number of carbonyl (C=O) groups excluding carboxylic acids is 1. The summed E-state index contributed by atoms with van der Waals surface area (Å²) in [5.41, 5.74) is 0.778. The molecule has 2 rings (SSSR count). The van der Waals surface area contributed by atoms with E-state index in [-0.39, 0.29) is 17.6 Å². The zero-order valence-corrected chi connectivity index (χ0v) is 10.5. The van der Waals surface area contributed by atoms with Crippen molar-refractivity contribution in [2.45, 2.75) is 18.9 Å². The standard InChI is InChI=1S/C13H17N3O3/c17-12(18)9-1-3-10(4-2-9)15-13(19)16-11-5-7-14-8-6-11/h1-4,11,14H,5-8H2,(H,17,18)(H2,15,16,19). The Balaban J connectivity index is 1.85. The molecule has 1 aromatic carbocycles. The zero-order valence-electron chi connectivity index (χ0n) is 10.5. The number of hydrogen-bond donors (Lipinski definition) is 4. The Labute approximate surface area is 111 Å². The number of carboxylic acid groups (broad SMARTS) is 1. The van der Waals surface area contributed by atoms with Gasteiger partial charge in [-0.25, -0.2) is 9.59 Å². The molecule has 4 N–H and O–H groups in total. The van der Waals surface area contributed by atoms with Crippen LogP contribution in [-0.4, -0.2) is 36.2 Å². The summed E-state index contributed by atoms with van der Waals surface area (Å²) in [4.78, 5) is 22.4. The van der Waals surface area contributed by atoms with Crippen LogP contribution in [0.15, 0.2) is 24.3 Å². The molecule has 0 unspecified atom stereocenters. The van der Waals surface area contributed by atoms with E-state index in [2.05, 4.69) is 16.0 Å². The minimum atomic E-state index is -0.981. The lowest BCUT2D eigenvalue weighted by molar-refractivity contribution is 0.0697. The number of anilines is 1. The Kier molecular flexibility index (Phi) is 4.35. The molecule has 0 aromatic heterocycles. The quantitative estimate of drug-likeness (QED) is 0.661. The second kappa shape index (κ2) is 6.19. The fourth-order valence-corrected chi connectivity index (χ4v) is 2.01. The molecule has 1 saturated heterocycles. The highest BCUT2D eigenvalue weighted by molar-refractivity contribution is 5.91. The van der Waals surface area contributed by atoms with Gasteiger partial charge in [-0.3, -0.25) is 0 Å². The monoisotopic (exact) mass is 263 g/mol. The van der Waals surface area contributed by atoms with E-state index in [1.165, 1.54) is 12.1 Å². The van der Waals surface area contributed by atoms with Crippen LogP contribution in [0.3, 0.4) is 0 Å². The lowest BCUT2D eigenvalue weighted by Gasteiger charge is -2.23. The number of carbonyl (C=O) groups is 2. The molecule has 0 aliphatic carbocycles. The summed E-state index contributed by atoms with van der Waals surface area (Å²) in [6.45, 7) is 1.83. The summed E-state index contributed by atoms with van der Waals surface area (Å²) >= 11 is 0. The van der Waals surface area contributed by atoms with Crippen LogP contribution in [0.2, 0.25) is 0 Å². The van der Waals surface area contributed by atoms with Crippen molar-refractivity contribution in [1.29, 1.82) is 0 Å².